The number of carbonyl (C=O) groups excluding carboxylic acids is 1. The SMILES string of the molecule is CCCCCC(Oc1ccc(-c2ccccc2)cc1)C(N)=O. The zero-order valence-corrected chi connectivity index (χ0v) is 13.0. The second-order valence-corrected chi connectivity index (χ2v) is 5.40. The predicted molar refractivity (Wildman–Crippen MR) is 89.6 cm³/mol. The summed E-state index contributed by atoms with van der Waals surface area (Å²) in [5, 5.41) is 0. The van der Waals surface area contributed by atoms with E-state index in [4.69, 9.17) is 10.5 Å². The van der Waals surface area contributed by atoms with Crippen molar-refractivity contribution in [2.75, 3.05) is 0 Å². The third-order valence-corrected chi connectivity index (χ3v) is 3.63. The van der Waals surface area contributed by atoms with Crippen molar-refractivity contribution < 1.29 is 9.53 Å². The van der Waals surface area contributed by atoms with Crippen molar-refractivity contribution in [3.8, 4) is 16.9 Å². The van der Waals surface area contributed by atoms with E-state index in [9.17, 15) is 4.79 Å². The molecule has 0 aromatic heterocycles. The van der Waals surface area contributed by atoms with Crippen LogP contribution in [0.3, 0.4) is 0 Å². The lowest BCUT2D eigenvalue weighted by atomic mass is 10.1. The Kier molecular flexibility index (Phi) is 6.01. The van der Waals surface area contributed by atoms with Gasteiger partial charge in [0.15, 0.2) is 6.10 Å². The molecule has 2 N–H and O–H groups in total. The summed E-state index contributed by atoms with van der Waals surface area (Å²) >= 11 is 0. The maximum Gasteiger partial charge on any atom is 0.258 e. The lowest BCUT2D eigenvalue weighted by Gasteiger charge is -2.16. The highest BCUT2D eigenvalue weighted by atomic mass is 16.5. The molecule has 2 aromatic carbocycles. The molecule has 0 saturated heterocycles. The number of unbranched alkanes of at least 4 members (excludes halogenated alkanes) is 2. The van der Waals surface area contributed by atoms with Crippen LogP contribution in [0.25, 0.3) is 11.1 Å². The largest absolute Gasteiger partial charge is 0.481 e. The molecule has 2 rings (SSSR count). The van der Waals surface area contributed by atoms with Crippen LogP contribution >= 0.6 is 0 Å². The summed E-state index contributed by atoms with van der Waals surface area (Å²) in [5.41, 5.74) is 7.70. The first-order valence-electron chi connectivity index (χ1n) is 7.82. The van der Waals surface area contributed by atoms with Crippen molar-refractivity contribution in [3.05, 3.63) is 54.6 Å². The molecule has 116 valence electrons. The van der Waals surface area contributed by atoms with Gasteiger partial charge in [0, 0.05) is 0 Å². The molecule has 0 heterocycles. The Labute approximate surface area is 132 Å². The molecule has 0 aliphatic heterocycles. The summed E-state index contributed by atoms with van der Waals surface area (Å²) in [6, 6.07) is 17.9. The van der Waals surface area contributed by atoms with Gasteiger partial charge in [-0.3, -0.25) is 4.79 Å². The first-order valence-corrected chi connectivity index (χ1v) is 7.82. The van der Waals surface area contributed by atoms with Gasteiger partial charge in [-0.1, -0.05) is 62.2 Å². The number of benzene rings is 2. The number of rotatable bonds is 8. The molecule has 1 unspecified atom stereocenters. The highest BCUT2D eigenvalue weighted by molar-refractivity contribution is 5.79. The smallest absolute Gasteiger partial charge is 0.258 e. The van der Waals surface area contributed by atoms with Crippen LogP contribution in [0.1, 0.15) is 32.6 Å². The highest BCUT2D eigenvalue weighted by Crippen LogP contribution is 2.23. The van der Waals surface area contributed by atoms with E-state index in [0.717, 1.165) is 30.4 Å². The van der Waals surface area contributed by atoms with Gasteiger partial charge in [0.1, 0.15) is 5.75 Å². The molecule has 1 atom stereocenters. The Hall–Kier alpha value is -2.29. The fourth-order valence-electron chi connectivity index (χ4n) is 2.36. The Balaban J connectivity index is 2.01. The molecule has 0 bridgehead atoms. The molecule has 0 saturated carbocycles. The summed E-state index contributed by atoms with van der Waals surface area (Å²) in [7, 11) is 0. The van der Waals surface area contributed by atoms with Gasteiger partial charge in [0.25, 0.3) is 5.91 Å². The lowest BCUT2D eigenvalue weighted by Crippen LogP contribution is -2.33. The minimum Gasteiger partial charge on any atom is -0.481 e. The zero-order valence-electron chi connectivity index (χ0n) is 13.0. The zero-order chi connectivity index (χ0) is 15.8. The third-order valence-electron chi connectivity index (χ3n) is 3.63. The number of hydrogen-bond donors (Lipinski definition) is 1. The van der Waals surface area contributed by atoms with Crippen LogP contribution in [0, 0.1) is 0 Å². The molecule has 3 nitrogen and oxygen atoms in total. The monoisotopic (exact) mass is 297 g/mol. The molecule has 0 spiro atoms. The van der Waals surface area contributed by atoms with Gasteiger partial charge in [-0.2, -0.15) is 0 Å². The summed E-state index contributed by atoms with van der Waals surface area (Å²) < 4.78 is 5.74. The van der Waals surface area contributed by atoms with Crippen molar-refractivity contribution in [3.63, 3.8) is 0 Å². The van der Waals surface area contributed by atoms with Crippen molar-refractivity contribution in [2.45, 2.75) is 38.7 Å². The van der Waals surface area contributed by atoms with E-state index in [0.29, 0.717) is 12.2 Å². The summed E-state index contributed by atoms with van der Waals surface area (Å²) in [4.78, 5) is 11.5. The Morgan fingerprint density at radius 1 is 1.00 bits per heavy atom. The summed E-state index contributed by atoms with van der Waals surface area (Å²) in [6.45, 7) is 2.13. The van der Waals surface area contributed by atoms with Gasteiger partial charge in [-0.25, -0.2) is 0 Å². The van der Waals surface area contributed by atoms with Gasteiger partial charge in [0.2, 0.25) is 0 Å². The number of hydrogen-bond acceptors (Lipinski definition) is 2. The molecule has 1 amide bonds. The van der Waals surface area contributed by atoms with Crippen molar-refractivity contribution >= 4 is 5.91 Å². The van der Waals surface area contributed by atoms with Crippen molar-refractivity contribution in [1.82, 2.24) is 0 Å². The maximum atomic E-state index is 11.5. The second kappa shape index (κ2) is 8.23. The number of amides is 1. The molecule has 0 aliphatic carbocycles. The molecular formula is C19H23NO2. The average Bonchev–Trinajstić information content (AvgIpc) is 2.55. The van der Waals surface area contributed by atoms with Gasteiger partial charge >= 0.3 is 0 Å². The Bertz CT molecular complexity index is 578. The second-order valence-electron chi connectivity index (χ2n) is 5.40. The summed E-state index contributed by atoms with van der Waals surface area (Å²) in [5.74, 6) is 0.281. The number of primary amides is 1. The molecule has 22 heavy (non-hydrogen) atoms. The van der Waals surface area contributed by atoms with E-state index in [1.165, 1.54) is 0 Å². The quantitative estimate of drug-likeness (QED) is 0.744. The van der Waals surface area contributed by atoms with Gasteiger partial charge in [-0.05, 0) is 36.1 Å². The molecule has 0 radical (unpaired) electrons. The van der Waals surface area contributed by atoms with Crippen molar-refractivity contribution in [2.24, 2.45) is 5.73 Å². The highest BCUT2D eigenvalue weighted by Gasteiger charge is 2.16. The van der Waals surface area contributed by atoms with Crippen LogP contribution in [0.15, 0.2) is 54.6 Å². The van der Waals surface area contributed by atoms with Crippen molar-refractivity contribution in [1.29, 1.82) is 0 Å². The van der Waals surface area contributed by atoms with Gasteiger partial charge in [0.05, 0.1) is 0 Å². The molecular weight excluding hydrogens is 274 g/mol. The minimum absolute atomic E-state index is 0.400. The molecule has 2 aromatic rings. The number of ether oxygens (including phenoxy) is 1. The van der Waals surface area contributed by atoms with Crippen LogP contribution in [0.2, 0.25) is 0 Å². The van der Waals surface area contributed by atoms with E-state index < -0.39 is 12.0 Å². The van der Waals surface area contributed by atoms with E-state index in [1.807, 2.05) is 42.5 Å². The average molecular weight is 297 g/mol. The minimum atomic E-state index is -0.547. The molecule has 0 aliphatic rings. The van der Waals surface area contributed by atoms with Crippen LogP contribution in [0.4, 0.5) is 0 Å². The van der Waals surface area contributed by atoms with E-state index in [2.05, 4.69) is 19.1 Å². The van der Waals surface area contributed by atoms with Gasteiger partial charge in [-0.15, -0.1) is 0 Å². The molecule has 3 heteroatoms. The van der Waals surface area contributed by atoms with Crippen LogP contribution in [-0.2, 0) is 4.79 Å². The predicted octanol–water partition coefficient (Wildman–Crippen LogP) is 4.17. The Morgan fingerprint density at radius 2 is 1.64 bits per heavy atom. The standard InChI is InChI=1S/C19H23NO2/c1-2-3-5-10-18(19(20)21)22-17-13-11-16(12-14-17)15-8-6-4-7-9-15/h4,6-9,11-14,18H,2-3,5,10H2,1H3,(H2,20,21). The lowest BCUT2D eigenvalue weighted by molar-refractivity contribution is -0.125. The topological polar surface area (TPSA) is 52.3 Å². The van der Waals surface area contributed by atoms with Gasteiger partial charge < -0.3 is 10.5 Å². The van der Waals surface area contributed by atoms with E-state index >= 15 is 0 Å². The Morgan fingerprint density at radius 3 is 2.23 bits per heavy atom. The molecule has 0 fully saturated rings. The summed E-state index contributed by atoms with van der Waals surface area (Å²) in [6.07, 6.45) is 3.27. The van der Waals surface area contributed by atoms with E-state index in [-0.39, 0.29) is 0 Å². The normalized spacial score (nSPS) is 11.9. The van der Waals surface area contributed by atoms with Crippen LogP contribution in [-0.4, -0.2) is 12.0 Å². The fraction of sp³-hybridized carbons (Fsp3) is 0.316. The fourth-order valence-corrected chi connectivity index (χ4v) is 2.36. The maximum absolute atomic E-state index is 11.5. The van der Waals surface area contributed by atoms with Crippen LogP contribution < -0.4 is 10.5 Å². The van der Waals surface area contributed by atoms with E-state index in [1.54, 1.807) is 0 Å². The third kappa shape index (κ3) is 4.62. The first-order chi connectivity index (χ1) is 10.7. The first kappa shape index (κ1) is 16.1. The van der Waals surface area contributed by atoms with Crippen LogP contribution in [0.5, 0.6) is 5.75 Å². The number of nitrogens with two attached hydrogens (primary N) is 1. The number of carbonyl (C=O) groups is 1.